The van der Waals surface area contributed by atoms with Crippen molar-refractivity contribution in [1.82, 2.24) is 9.78 Å². The molecule has 3 rings (SSSR count). The Morgan fingerprint density at radius 2 is 2.30 bits per heavy atom. The normalized spacial score (nSPS) is 13.8. The average Bonchev–Trinajstić information content (AvgIpc) is 3.07. The van der Waals surface area contributed by atoms with Gasteiger partial charge in [0.15, 0.2) is 5.78 Å². The molecule has 2 heterocycles. The molecule has 3 nitrogen and oxygen atoms in total. The van der Waals surface area contributed by atoms with Crippen molar-refractivity contribution in [1.29, 1.82) is 0 Å². The van der Waals surface area contributed by atoms with E-state index in [2.05, 4.69) is 34.0 Å². The standard InChI is InChI=1S/C15H17BrN2OS/c1-3-10-15(16)11(18(2)17-10)8-12(19)14-7-9-5-4-6-13(9)20-14/h7H,3-6,8H2,1-2H3. The maximum absolute atomic E-state index is 12.5. The number of Topliss-reactive ketones (excluding diaryl/α,β-unsaturated/α-hetero) is 1. The van der Waals surface area contributed by atoms with Crippen LogP contribution in [0, 0.1) is 0 Å². The zero-order chi connectivity index (χ0) is 14.3. The highest BCUT2D eigenvalue weighted by Gasteiger charge is 2.21. The minimum absolute atomic E-state index is 0.204. The van der Waals surface area contributed by atoms with Crippen molar-refractivity contribution in [3.63, 3.8) is 0 Å². The summed E-state index contributed by atoms with van der Waals surface area (Å²) >= 11 is 5.25. The lowest BCUT2D eigenvalue weighted by atomic mass is 10.1. The van der Waals surface area contributed by atoms with E-state index in [4.69, 9.17) is 0 Å². The highest BCUT2D eigenvalue weighted by Crippen LogP contribution is 2.32. The number of rotatable bonds is 4. The molecule has 0 spiro atoms. The molecule has 0 aromatic carbocycles. The third-order valence-corrected chi connectivity index (χ3v) is 6.05. The zero-order valence-corrected chi connectivity index (χ0v) is 14.1. The van der Waals surface area contributed by atoms with Crippen LogP contribution in [0.25, 0.3) is 0 Å². The van der Waals surface area contributed by atoms with Crippen LogP contribution in [0.2, 0.25) is 0 Å². The second-order valence-corrected chi connectivity index (χ2v) is 7.13. The summed E-state index contributed by atoms with van der Waals surface area (Å²) < 4.78 is 2.81. The van der Waals surface area contributed by atoms with E-state index >= 15 is 0 Å². The molecule has 0 unspecified atom stereocenters. The van der Waals surface area contributed by atoms with Crippen LogP contribution in [0.3, 0.4) is 0 Å². The number of fused-ring (bicyclic) bond motifs is 1. The maximum Gasteiger partial charge on any atom is 0.178 e. The molecule has 0 atom stereocenters. The topological polar surface area (TPSA) is 34.9 Å². The molecule has 20 heavy (non-hydrogen) atoms. The quantitative estimate of drug-likeness (QED) is 0.786. The first-order chi connectivity index (χ1) is 9.60. The molecule has 5 heteroatoms. The summed E-state index contributed by atoms with van der Waals surface area (Å²) in [6.07, 6.45) is 4.80. The van der Waals surface area contributed by atoms with Gasteiger partial charge in [0.1, 0.15) is 0 Å². The molecule has 0 fully saturated rings. The molecule has 1 aliphatic rings. The van der Waals surface area contributed by atoms with Gasteiger partial charge in [0.2, 0.25) is 0 Å². The molecule has 0 saturated carbocycles. The van der Waals surface area contributed by atoms with Gasteiger partial charge in [-0.05, 0) is 53.2 Å². The van der Waals surface area contributed by atoms with Gasteiger partial charge < -0.3 is 0 Å². The first-order valence-electron chi connectivity index (χ1n) is 6.95. The highest BCUT2D eigenvalue weighted by atomic mass is 79.9. The molecular weight excluding hydrogens is 336 g/mol. The Bertz CT molecular complexity index is 650. The van der Waals surface area contributed by atoms with E-state index < -0.39 is 0 Å². The van der Waals surface area contributed by atoms with Crippen LogP contribution in [0.1, 0.15) is 44.8 Å². The van der Waals surface area contributed by atoms with Crippen LogP contribution in [0.15, 0.2) is 10.5 Å². The Hall–Kier alpha value is -0.940. The number of hydrogen-bond donors (Lipinski definition) is 0. The van der Waals surface area contributed by atoms with Gasteiger partial charge in [-0.15, -0.1) is 11.3 Å². The van der Waals surface area contributed by atoms with Gasteiger partial charge in [-0.25, -0.2) is 0 Å². The number of carbonyl (C=O) groups excluding carboxylic acids is 1. The minimum Gasteiger partial charge on any atom is -0.293 e. The van der Waals surface area contributed by atoms with E-state index in [1.54, 1.807) is 11.3 Å². The van der Waals surface area contributed by atoms with Gasteiger partial charge in [0.05, 0.1) is 27.2 Å². The van der Waals surface area contributed by atoms with Crippen molar-refractivity contribution in [2.24, 2.45) is 7.05 Å². The Kier molecular flexibility index (Phi) is 3.82. The summed E-state index contributed by atoms with van der Waals surface area (Å²) in [7, 11) is 1.90. The van der Waals surface area contributed by atoms with Crippen LogP contribution >= 0.6 is 27.3 Å². The van der Waals surface area contributed by atoms with Crippen molar-refractivity contribution in [2.45, 2.75) is 39.0 Å². The van der Waals surface area contributed by atoms with Gasteiger partial charge in [0.25, 0.3) is 0 Å². The molecule has 0 bridgehead atoms. The monoisotopic (exact) mass is 352 g/mol. The Morgan fingerprint density at radius 1 is 1.50 bits per heavy atom. The summed E-state index contributed by atoms with van der Waals surface area (Å²) in [5, 5.41) is 4.45. The minimum atomic E-state index is 0.204. The Balaban J connectivity index is 1.83. The second-order valence-electron chi connectivity index (χ2n) is 5.20. The molecule has 0 aliphatic heterocycles. The van der Waals surface area contributed by atoms with Gasteiger partial charge in [-0.3, -0.25) is 9.48 Å². The van der Waals surface area contributed by atoms with Crippen LogP contribution in [0.5, 0.6) is 0 Å². The van der Waals surface area contributed by atoms with Crippen molar-refractivity contribution in [3.8, 4) is 0 Å². The summed E-state index contributed by atoms with van der Waals surface area (Å²) in [4.78, 5) is 14.8. The number of thiophene rings is 1. The van der Waals surface area contributed by atoms with E-state index in [1.807, 2.05) is 11.7 Å². The first-order valence-corrected chi connectivity index (χ1v) is 8.56. The molecule has 0 saturated heterocycles. The smallest absolute Gasteiger partial charge is 0.178 e. The van der Waals surface area contributed by atoms with Crippen LogP contribution < -0.4 is 0 Å². The molecule has 0 amide bonds. The van der Waals surface area contributed by atoms with Crippen LogP contribution in [-0.2, 0) is 32.7 Å². The van der Waals surface area contributed by atoms with E-state index in [-0.39, 0.29) is 5.78 Å². The van der Waals surface area contributed by atoms with E-state index in [0.29, 0.717) is 6.42 Å². The number of halogens is 1. The lowest BCUT2D eigenvalue weighted by Crippen LogP contribution is -2.07. The molecule has 1 aliphatic carbocycles. The summed E-state index contributed by atoms with van der Waals surface area (Å²) in [5.41, 5.74) is 3.38. The number of aryl methyl sites for hydroxylation is 4. The number of hydrogen-bond acceptors (Lipinski definition) is 3. The average molecular weight is 353 g/mol. The van der Waals surface area contributed by atoms with Gasteiger partial charge >= 0.3 is 0 Å². The molecular formula is C15H17BrN2OS. The maximum atomic E-state index is 12.5. The number of carbonyl (C=O) groups is 1. The van der Waals surface area contributed by atoms with Crippen molar-refractivity contribution < 1.29 is 4.79 Å². The number of aromatic nitrogens is 2. The van der Waals surface area contributed by atoms with E-state index in [0.717, 1.165) is 40.0 Å². The third kappa shape index (κ3) is 2.37. The van der Waals surface area contributed by atoms with Gasteiger partial charge in [0, 0.05) is 11.9 Å². The molecule has 2 aromatic heterocycles. The highest BCUT2D eigenvalue weighted by molar-refractivity contribution is 9.10. The molecule has 0 radical (unpaired) electrons. The van der Waals surface area contributed by atoms with Gasteiger partial charge in [-0.2, -0.15) is 5.10 Å². The summed E-state index contributed by atoms with van der Waals surface area (Å²) in [5.74, 6) is 0.204. The number of nitrogens with zero attached hydrogens (tertiary/aromatic N) is 2. The van der Waals surface area contributed by atoms with Crippen molar-refractivity contribution in [3.05, 3.63) is 37.2 Å². The van der Waals surface area contributed by atoms with E-state index in [9.17, 15) is 4.79 Å². The Morgan fingerprint density at radius 3 is 2.95 bits per heavy atom. The second kappa shape index (κ2) is 5.45. The number of ketones is 1. The summed E-state index contributed by atoms with van der Waals surface area (Å²) in [6, 6.07) is 2.10. The fraction of sp³-hybridized carbons (Fsp3) is 0.467. The fourth-order valence-corrected chi connectivity index (χ4v) is 4.67. The zero-order valence-electron chi connectivity index (χ0n) is 11.7. The summed E-state index contributed by atoms with van der Waals surface area (Å²) in [6.45, 7) is 2.07. The molecule has 106 valence electrons. The largest absolute Gasteiger partial charge is 0.293 e. The predicted molar refractivity (Wildman–Crippen MR) is 84.7 cm³/mol. The lowest BCUT2D eigenvalue weighted by molar-refractivity contribution is 0.0994. The van der Waals surface area contributed by atoms with Crippen molar-refractivity contribution in [2.75, 3.05) is 0 Å². The molecule has 2 aromatic rings. The predicted octanol–water partition coefficient (Wildman–Crippen LogP) is 3.72. The van der Waals surface area contributed by atoms with E-state index in [1.165, 1.54) is 16.9 Å². The van der Waals surface area contributed by atoms with Crippen LogP contribution in [0.4, 0.5) is 0 Å². The van der Waals surface area contributed by atoms with Gasteiger partial charge in [-0.1, -0.05) is 6.92 Å². The van der Waals surface area contributed by atoms with Crippen molar-refractivity contribution >= 4 is 33.0 Å². The Labute approximate surface area is 131 Å². The molecule has 0 N–H and O–H groups in total. The fourth-order valence-electron chi connectivity index (χ4n) is 2.72. The lowest BCUT2D eigenvalue weighted by Gasteiger charge is -2.01. The third-order valence-electron chi connectivity index (χ3n) is 3.85. The SMILES string of the molecule is CCc1nn(C)c(CC(=O)c2cc3c(s2)CCC3)c1Br. The first kappa shape index (κ1) is 14.0. The van der Waals surface area contributed by atoms with Crippen LogP contribution in [-0.4, -0.2) is 15.6 Å².